The third-order valence-electron chi connectivity index (χ3n) is 3.52. The van der Waals surface area contributed by atoms with E-state index in [-0.39, 0.29) is 0 Å². The second kappa shape index (κ2) is 8.28. The van der Waals surface area contributed by atoms with Gasteiger partial charge < -0.3 is 14.9 Å². The van der Waals surface area contributed by atoms with E-state index in [9.17, 15) is 5.11 Å². The molecule has 1 N–H and O–H groups in total. The lowest BCUT2D eigenvalue weighted by Crippen LogP contribution is -2.14. The average Bonchev–Trinajstić information content (AvgIpc) is 2.33. The molecular formula is C17H30N2O. The molecule has 0 amide bonds. The van der Waals surface area contributed by atoms with Gasteiger partial charge in [-0.05, 0) is 85.0 Å². The minimum absolute atomic E-state index is 0.521. The fourth-order valence-corrected chi connectivity index (χ4v) is 2.49. The summed E-state index contributed by atoms with van der Waals surface area (Å²) in [4.78, 5) is 4.37. The Hall–Kier alpha value is -1.06. The Balaban J connectivity index is 2.68. The van der Waals surface area contributed by atoms with Crippen molar-refractivity contribution in [3.8, 4) is 5.75 Å². The Kier molecular flexibility index (Phi) is 7.03. The molecule has 20 heavy (non-hydrogen) atoms. The summed E-state index contributed by atoms with van der Waals surface area (Å²) < 4.78 is 0. The molecule has 0 aliphatic rings. The number of hydrogen-bond donors (Lipinski definition) is 1. The summed E-state index contributed by atoms with van der Waals surface area (Å²) in [6.07, 6.45) is 4.07. The third kappa shape index (κ3) is 5.93. The Morgan fingerprint density at radius 3 is 1.60 bits per heavy atom. The maximum atomic E-state index is 10.4. The normalized spacial score (nSPS) is 11.6. The first-order valence-electron chi connectivity index (χ1n) is 7.51. The summed E-state index contributed by atoms with van der Waals surface area (Å²) in [7, 11) is 8.34. The van der Waals surface area contributed by atoms with Crippen molar-refractivity contribution in [3.05, 3.63) is 28.8 Å². The van der Waals surface area contributed by atoms with Gasteiger partial charge in [0.1, 0.15) is 5.75 Å². The molecule has 1 rings (SSSR count). The average molecular weight is 278 g/mol. The molecule has 0 bridgehead atoms. The molecule has 0 heterocycles. The highest BCUT2D eigenvalue weighted by Crippen LogP contribution is 2.27. The van der Waals surface area contributed by atoms with E-state index in [1.54, 1.807) is 0 Å². The number of rotatable bonds is 8. The molecule has 0 radical (unpaired) electrons. The van der Waals surface area contributed by atoms with Crippen LogP contribution in [0.1, 0.15) is 29.5 Å². The Bertz CT molecular complexity index is 378. The zero-order valence-corrected chi connectivity index (χ0v) is 13.7. The van der Waals surface area contributed by atoms with Crippen molar-refractivity contribution in [2.75, 3.05) is 41.3 Å². The van der Waals surface area contributed by atoms with Gasteiger partial charge in [0.05, 0.1) is 0 Å². The number of phenols is 1. The maximum absolute atomic E-state index is 10.4. The molecule has 3 nitrogen and oxygen atoms in total. The Labute approximate surface area is 124 Å². The van der Waals surface area contributed by atoms with Gasteiger partial charge in [0.2, 0.25) is 0 Å². The van der Waals surface area contributed by atoms with E-state index in [0.717, 1.165) is 49.9 Å². The van der Waals surface area contributed by atoms with Crippen molar-refractivity contribution < 1.29 is 5.11 Å². The van der Waals surface area contributed by atoms with Gasteiger partial charge in [0.15, 0.2) is 0 Å². The first kappa shape index (κ1) is 17.0. The fraction of sp³-hybridized carbons (Fsp3) is 0.647. The number of benzene rings is 1. The maximum Gasteiger partial charge on any atom is 0.121 e. The van der Waals surface area contributed by atoms with Gasteiger partial charge in [-0.1, -0.05) is 17.7 Å². The summed E-state index contributed by atoms with van der Waals surface area (Å²) in [5, 5.41) is 10.4. The molecule has 0 aliphatic heterocycles. The van der Waals surface area contributed by atoms with Gasteiger partial charge in [-0.2, -0.15) is 0 Å². The Morgan fingerprint density at radius 2 is 1.25 bits per heavy atom. The number of aromatic hydroxyl groups is 1. The molecule has 0 unspecified atom stereocenters. The van der Waals surface area contributed by atoms with Gasteiger partial charge in [0, 0.05) is 0 Å². The highest BCUT2D eigenvalue weighted by Gasteiger charge is 2.09. The molecule has 3 heteroatoms. The topological polar surface area (TPSA) is 26.7 Å². The smallest absolute Gasteiger partial charge is 0.121 e. The quantitative estimate of drug-likeness (QED) is 0.792. The van der Waals surface area contributed by atoms with Crippen molar-refractivity contribution in [3.63, 3.8) is 0 Å². The molecule has 0 aromatic heterocycles. The first-order chi connectivity index (χ1) is 9.40. The van der Waals surface area contributed by atoms with Crippen LogP contribution in [0, 0.1) is 6.92 Å². The van der Waals surface area contributed by atoms with Gasteiger partial charge >= 0.3 is 0 Å². The highest BCUT2D eigenvalue weighted by atomic mass is 16.3. The van der Waals surface area contributed by atoms with Gasteiger partial charge in [-0.3, -0.25) is 0 Å². The van der Waals surface area contributed by atoms with Gasteiger partial charge in [0.25, 0.3) is 0 Å². The van der Waals surface area contributed by atoms with Crippen LogP contribution in [0.3, 0.4) is 0 Å². The molecule has 0 fully saturated rings. The third-order valence-corrected chi connectivity index (χ3v) is 3.52. The summed E-state index contributed by atoms with van der Waals surface area (Å²) in [5.41, 5.74) is 3.46. The molecule has 114 valence electrons. The summed E-state index contributed by atoms with van der Waals surface area (Å²) >= 11 is 0. The van der Waals surface area contributed by atoms with E-state index in [0.29, 0.717) is 5.75 Å². The van der Waals surface area contributed by atoms with Crippen molar-refractivity contribution >= 4 is 0 Å². The number of hydrogen-bond acceptors (Lipinski definition) is 3. The monoisotopic (exact) mass is 278 g/mol. The first-order valence-corrected chi connectivity index (χ1v) is 7.51. The second-order valence-corrected chi connectivity index (χ2v) is 6.25. The minimum Gasteiger partial charge on any atom is -0.507 e. The molecule has 0 atom stereocenters. The van der Waals surface area contributed by atoms with Crippen LogP contribution in [0.15, 0.2) is 12.1 Å². The van der Waals surface area contributed by atoms with Crippen LogP contribution in [0.25, 0.3) is 0 Å². The number of nitrogens with zero attached hydrogens (tertiary/aromatic N) is 2. The summed E-state index contributed by atoms with van der Waals surface area (Å²) in [5.74, 6) is 0.521. The van der Waals surface area contributed by atoms with Crippen LogP contribution in [0.5, 0.6) is 5.75 Å². The van der Waals surface area contributed by atoms with Crippen molar-refractivity contribution in [2.45, 2.75) is 32.6 Å². The van der Waals surface area contributed by atoms with E-state index in [1.807, 2.05) is 0 Å². The number of phenolic OH excluding ortho intramolecular Hbond substituents is 1. The molecule has 0 saturated carbocycles. The Morgan fingerprint density at radius 1 is 0.850 bits per heavy atom. The van der Waals surface area contributed by atoms with Gasteiger partial charge in [-0.25, -0.2) is 0 Å². The lowest BCUT2D eigenvalue weighted by molar-refractivity contribution is 0.393. The highest BCUT2D eigenvalue weighted by molar-refractivity contribution is 5.43. The SMILES string of the molecule is Cc1cc(CCCN(C)C)c(O)c(CCCN(C)C)c1. The lowest BCUT2D eigenvalue weighted by atomic mass is 9.98. The van der Waals surface area contributed by atoms with Crippen molar-refractivity contribution in [2.24, 2.45) is 0 Å². The minimum atomic E-state index is 0.521. The molecular weight excluding hydrogens is 248 g/mol. The standard InChI is InChI=1S/C17H30N2O/c1-14-12-15(8-6-10-18(2)3)17(20)16(13-14)9-7-11-19(4)5/h12-13,20H,6-11H2,1-5H3. The van der Waals surface area contributed by atoms with E-state index in [2.05, 4.69) is 57.0 Å². The predicted octanol–water partition coefficient (Wildman–Crippen LogP) is 2.69. The molecule has 0 spiro atoms. The summed E-state index contributed by atoms with van der Waals surface area (Å²) in [6, 6.07) is 4.25. The van der Waals surface area contributed by atoms with Crippen molar-refractivity contribution in [1.29, 1.82) is 0 Å². The fourth-order valence-electron chi connectivity index (χ4n) is 2.49. The molecule has 1 aromatic rings. The molecule has 0 saturated heterocycles. The largest absolute Gasteiger partial charge is 0.507 e. The zero-order chi connectivity index (χ0) is 15.1. The van der Waals surface area contributed by atoms with Crippen LogP contribution in [0.4, 0.5) is 0 Å². The van der Waals surface area contributed by atoms with Crippen LogP contribution in [-0.4, -0.2) is 56.2 Å². The van der Waals surface area contributed by atoms with E-state index >= 15 is 0 Å². The van der Waals surface area contributed by atoms with Crippen molar-refractivity contribution in [1.82, 2.24) is 9.80 Å². The molecule has 0 aliphatic carbocycles. The van der Waals surface area contributed by atoms with Crippen LogP contribution >= 0.6 is 0 Å². The van der Waals surface area contributed by atoms with Crippen LogP contribution in [0.2, 0.25) is 0 Å². The lowest BCUT2D eigenvalue weighted by Gasteiger charge is -2.14. The molecule has 1 aromatic carbocycles. The number of aryl methyl sites for hydroxylation is 3. The van der Waals surface area contributed by atoms with E-state index in [1.165, 1.54) is 5.56 Å². The predicted molar refractivity (Wildman–Crippen MR) is 86.6 cm³/mol. The second-order valence-electron chi connectivity index (χ2n) is 6.25. The zero-order valence-electron chi connectivity index (χ0n) is 13.7. The van der Waals surface area contributed by atoms with Crippen LogP contribution < -0.4 is 0 Å². The van der Waals surface area contributed by atoms with Crippen LogP contribution in [-0.2, 0) is 12.8 Å². The van der Waals surface area contributed by atoms with Gasteiger partial charge in [-0.15, -0.1) is 0 Å². The summed E-state index contributed by atoms with van der Waals surface area (Å²) in [6.45, 7) is 4.23. The van der Waals surface area contributed by atoms with E-state index < -0.39 is 0 Å². The van der Waals surface area contributed by atoms with E-state index in [4.69, 9.17) is 0 Å².